The lowest BCUT2D eigenvalue weighted by Crippen LogP contribution is -2.32. The lowest BCUT2D eigenvalue weighted by Gasteiger charge is -2.36. The Balaban J connectivity index is 2.40. The molecule has 0 spiro atoms. The van der Waals surface area contributed by atoms with E-state index >= 15 is 0 Å². The van der Waals surface area contributed by atoms with Crippen LogP contribution in [-0.2, 0) is 10.3 Å². The molecule has 0 N–H and O–H groups in total. The van der Waals surface area contributed by atoms with Gasteiger partial charge in [-0.15, -0.1) is 0 Å². The van der Waals surface area contributed by atoms with Gasteiger partial charge in [0.2, 0.25) is 0 Å². The average molecular weight is 334 g/mol. The summed E-state index contributed by atoms with van der Waals surface area (Å²) in [6.45, 7) is 0. The van der Waals surface area contributed by atoms with Crippen LogP contribution in [0.5, 0.6) is 11.5 Å². The third-order valence-corrected chi connectivity index (χ3v) is 4.46. The molecule has 0 fully saturated rings. The highest BCUT2D eigenvalue weighted by Crippen LogP contribution is 2.46. The zero-order valence-corrected chi connectivity index (χ0v) is 14.7. The van der Waals surface area contributed by atoms with Crippen molar-refractivity contribution in [2.24, 2.45) is 0 Å². The summed E-state index contributed by atoms with van der Waals surface area (Å²) < 4.78 is 17.5. The minimum Gasteiger partial charge on any atom is -0.496 e. The van der Waals surface area contributed by atoms with Crippen LogP contribution in [0, 0.1) is 0 Å². The third-order valence-electron chi connectivity index (χ3n) is 4.46. The van der Waals surface area contributed by atoms with Crippen molar-refractivity contribution in [3.8, 4) is 11.5 Å². The Hall–Kier alpha value is -2.78. The first-order valence-corrected chi connectivity index (χ1v) is 8.15. The van der Waals surface area contributed by atoms with Gasteiger partial charge in [0.05, 0.1) is 14.2 Å². The Bertz CT molecular complexity index is 780. The second-order valence-electron chi connectivity index (χ2n) is 5.65. The minimum atomic E-state index is -0.847. The van der Waals surface area contributed by atoms with Crippen LogP contribution < -0.4 is 9.47 Å². The molecular formula is C22H22O3. The Kier molecular flexibility index (Phi) is 5.05. The summed E-state index contributed by atoms with van der Waals surface area (Å²) in [4.78, 5) is 0. The van der Waals surface area contributed by atoms with Gasteiger partial charge in [-0.25, -0.2) is 0 Å². The van der Waals surface area contributed by atoms with Crippen LogP contribution in [0.1, 0.15) is 16.7 Å². The highest BCUT2D eigenvalue weighted by atomic mass is 16.5. The monoisotopic (exact) mass is 334 g/mol. The highest BCUT2D eigenvalue weighted by molar-refractivity contribution is 5.56. The second kappa shape index (κ2) is 7.41. The zero-order valence-electron chi connectivity index (χ0n) is 14.7. The molecule has 3 nitrogen and oxygen atoms in total. The van der Waals surface area contributed by atoms with Gasteiger partial charge in [-0.05, 0) is 17.7 Å². The average Bonchev–Trinajstić information content (AvgIpc) is 2.70. The molecule has 128 valence electrons. The summed E-state index contributed by atoms with van der Waals surface area (Å²) in [6, 6.07) is 26.0. The van der Waals surface area contributed by atoms with Gasteiger partial charge in [-0.2, -0.15) is 0 Å². The SMILES string of the molecule is COc1ccccc1C(OC)(c1ccccc1)c1ccccc1OC. The number of ether oxygens (including phenoxy) is 3. The first-order valence-electron chi connectivity index (χ1n) is 8.15. The van der Waals surface area contributed by atoms with E-state index in [0.717, 1.165) is 28.2 Å². The van der Waals surface area contributed by atoms with Gasteiger partial charge in [0, 0.05) is 18.2 Å². The fourth-order valence-electron chi connectivity index (χ4n) is 3.34. The molecule has 0 aliphatic heterocycles. The lowest BCUT2D eigenvalue weighted by molar-refractivity contribution is 0.0541. The van der Waals surface area contributed by atoms with Crippen molar-refractivity contribution in [2.75, 3.05) is 21.3 Å². The third kappa shape index (κ3) is 2.87. The molecule has 3 rings (SSSR count). The summed E-state index contributed by atoms with van der Waals surface area (Å²) in [7, 11) is 5.06. The molecule has 25 heavy (non-hydrogen) atoms. The van der Waals surface area contributed by atoms with E-state index in [4.69, 9.17) is 14.2 Å². The summed E-state index contributed by atoms with van der Waals surface area (Å²) in [5, 5.41) is 0. The van der Waals surface area contributed by atoms with Crippen molar-refractivity contribution in [2.45, 2.75) is 5.60 Å². The van der Waals surface area contributed by atoms with Gasteiger partial charge in [-0.3, -0.25) is 0 Å². The van der Waals surface area contributed by atoms with Crippen LogP contribution in [0.2, 0.25) is 0 Å². The van der Waals surface area contributed by atoms with Gasteiger partial charge >= 0.3 is 0 Å². The molecule has 0 saturated heterocycles. The van der Waals surface area contributed by atoms with Crippen molar-refractivity contribution in [1.82, 2.24) is 0 Å². The number of para-hydroxylation sites is 2. The van der Waals surface area contributed by atoms with E-state index in [9.17, 15) is 0 Å². The molecule has 0 aliphatic rings. The van der Waals surface area contributed by atoms with Crippen molar-refractivity contribution in [1.29, 1.82) is 0 Å². The molecule has 0 unspecified atom stereocenters. The van der Waals surface area contributed by atoms with Crippen molar-refractivity contribution >= 4 is 0 Å². The van der Waals surface area contributed by atoms with Crippen LogP contribution in [0.25, 0.3) is 0 Å². The van der Waals surface area contributed by atoms with Crippen LogP contribution in [-0.4, -0.2) is 21.3 Å². The predicted molar refractivity (Wildman–Crippen MR) is 99.3 cm³/mol. The van der Waals surface area contributed by atoms with E-state index in [-0.39, 0.29) is 0 Å². The smallest absolute Gasteiger partial charge is 0.150 e. The molecule has 0 saturated carbocycles. The highest BCUT2D eigenvalue weighted by Gasteiger charge is 2.40. The Morgan fingerprint density at radius 3 is 1.44 bits per heavy atom. The normalized spacial score (nSPS) is 11.2. The van der Waals surface area contributed by atoms with E-state index in [0.29, 0.717) is 0 Å². The van der Waals surface area contributed by atoms with Crippen LogP contribution in [0.4, 0.5) is 0 Å². The molecule has 0 bridgehead atoms. The van der Waals surface area contributed by atoms with Crippen LogP contribution >= 0.6 is 0 Å². The molecular weight excluding hydrogens is 312 g/mol. The van der Waals surface area contributed by atoms with Gasteiger partial charge in [0.1, 0.15) is 17.1 Å². The molecule has 0 amide bonds. The number of hydrogen-bond acceptors (Lipinski definition) is 3. The van der Waals surface area contributed by atoms with Crippen molar-refractivity contribution < 1.29 is 14.2 Å². The van der Waals surface area contributed by atoms with Gasteiger partial charge in [0.25, 0.3) is 0 Å². The van der Waals surface area contributed by atoms with Crippen LogP contribution in [0.3, 0.4) is 0 Å². The fourth-order valence-corrected chi connectivity index (χ4v) is 3.34. The summed E-state index contributed by atoms with van der Waals surface area (Å²) in [5.74, 6) is 1.53. The quantitative estimate of drug-likeness (QED) is 0.615. The van der Waals surface area contributed by atoms with Crippen molar-refractivity contribution in [3.05, 3.63) is 95.6 Å². The molecule has 0 radical (unpaired) electrons. The molecule has 0 aliphatic carbocycles. The predicted octanol–water partition coefficient (Wildman–Crippen LogP) is 4.64. The number of rotatable bonds is 6. The topological polar surface area (TPSA) is 27.7 Å². The number of hydrogen-bond donors (Lipinski definition) is 0. The molecule has 0 atom stereocenters. The van der Waals surface area contributed by atoms with E-state index in [1.807, 2.05) is 66.7 Å². The number of methoxy groups -OCH3 is 3. The zero-order chi connectivity index (χ0) is 17.7. The molecule has 3 aromatic carbocycles. The summed E-state index contributed by atoms with van der Waals surface area (Å²) >= 11 is 0. The van der Waals surface area contributed by atoms with Gasteiger partial charge in [-0.1, -0.05) is 66.7 Å². The first-order chi connectivity index (χ1) is 12.3. The Labute approximate surface area is 148 Å². The van der Waals surface area contributed by atoms with E-state index < -0.39 is 5.60 Å². The Morgan fingerprint density at radius 1 is 0.560 bits per heavy atom. The Morgan fingerprint density at radius 2 is 1.00 bits per heavy atom. The molecule has 3 heteroatoms. The van der Waals surface area contributed by atoms with Crippen LogP contribution in [0.15, 0.2) is 78.9 Å². The molecule has 0 heterocycles. The van der Waals surface area contributed by atoms with Crippen molar-refractivity contribution in [3.63, 3.8) is 0 Å². The number of benzene rings is 3. The molecule has 3 aromatic rings. The maximum atomic E-state index is 6.22. The van der Waals surface area contributed by atoms with E-state index in [1.165, 1.54) is 0 Å². The van der Waals surface area contributed by atoms with E-state index in [1.54, 1.807) is 21.3 Å². The molecule has 0 aromatic heterocycles. The largest absolute Gasteiger partial charge is 0.496 e. The first kappa shape index (κ1) is 17.1. The van der Waals surface area contributed by atoms with Gasteiger partial charge < -0.3 is 14.2 Å². The standard InChI is InChI=1S/C22H22O3/c1-23-20-15-9-7-13-18(20)22(25-3,17-11-5-4-6-12-17)19-14-8-10-16-21(19)24-2/h4-16H,1-3H3. The summed E-state index contributed by atoms with van der Waals surface area (Å²) in [5.41, 5.74) is 2.01. The maximum Gasteiger partial charge on any atom is 0.150 e. The lowest BCUT2D eigenvalue weighted by atomic mass is 9.79. The fraction of sp³-hybridized carbons (Fsp3) is 0.182. The minimum absolute atomic E-state index is 0.763. The van der Waals surface area contributed by atoms with Gasteiger partial charge in [0.15, 0.2) is 0 Å². The summed E-state index contributed by atoms with van der Waals surface area (Å²) in [6.07, 6.45) is 0. The second-order valence-corrected chi connectivity index (χ2v) is 5.65. The van der Waals surface area contributed by atoms with E-state index in [2.05, 4.69) is 12.1 Å². The maximum absolute atomic E-state index is 6.22.